The monoisotopic (exact) mass is 231 g/mol. The first-order valence-electron chi connectivity index (χ1n) is 5.31. The summed E-state index contributed by atoms with van der Waals surface area (Å²) < 4.78 is 5.10. The van der Waals surface area contributed by atoms with E-state index in [1.807, 2.05) is 0 Å². The Morgan fingerprint density at radius 3 is 2.88 bits per heavy atom. The lowest BCUT2D eigenvalue weighted by atomic mass is 10.1. The average Bonchev–Trinajstić information content (AvgIpc) is 2.79. The van der Waals surface area contributed by atoms with Gasteiger partial charge in [-0.2, -0.15) is 0 Å². The molecule has 0 saturated heterocycles. The molecule has 0 fully saturated rings. The van der Waals surface area contributed by atoms with Gasteiger partial charge >= 0.3 is 0 Å². The van der Waals surface area contributed by atoms with Crippen LogP contribution >= 0.6 is 0 Å². The number of amides is 1. The van der Waals surface area contributed by atoms with Crippen molar-refractivity contribution in [2.24, 2.45) is 0 Å². The number of phenols is 1. The zero-order chi connectivity index (χ0) is 12.1. The molecule has 1 heterocycles. The van der Waals surface area contributed by atoms with Crippen molar-refractivity contribution in [3.05, 3.63) is 54.0 Å². The van der Waals surface area contributed by atoms with Gasteiger partial charge in [0.25, 0.3) is 0 Å². The Hall–Kier alpha value is -2.23. The number of aromatic hydroxyl groups is 1. The third kappa shape index (κ3) is 3.38. The average molecular weight is 231 g/mol. The van der Waals surface area contributed by atoms with E-state index in [9.17, 15) is 9.90 Å². The van der Waals surface area contributed by atoms with Crippen molar-refractivity contribution in [2.75, 3.05) is 0 Å². The molecule has 17 heavy (non-hydrogen) atoms. The number of carbonyl (C=O) groups is 1. The molecule has 2 rings (SSSR count). The molecule has 0 aliphatic heterocycles. The second-order valence-corrected chi connectivity index (χ2v) is 3.70. The van der Waals surface area contributed by atoms with E-state index >= 15 is 0 Å². The lowest BCUT2D eigenvalue weighted by molar-refractivity contribution is -0.120. The fraction of sp³-hybridized carbons (Fsp3) is 0.154. The topological polar surface area (TPSA) is 62.5 Å². The number of furan rings is 1. The number of hydrogen-bond acceptors (Lipinski definition) is 3. The fourth-order valence-corrected chi connectivity index (χ4v) is 1.51. The third-order valence-corrected chi connectivity index (χ3v) is 2.32. The summed E-state index contributed by atoms with van der Waals surface area (Å²) in [5.74, 6) is 0.780. The molecular weight excluding hydrogens is 218 g/mol. The first-order valence-corrected chi connectivity index (χ1v) is 5.31. The Morgan fingerprint density at radius 2 is 2.18 bits per heavy atom. The van der Waals surface area contributed by atoms with Crippen molar-refractivity contribution in [3.8, 4) is 5.75 Å². The molecule has 0 spiro atoms. The summed E-state index contributed by atoms with van der Waals surface area (Å²) in [6.45, 7) is 0.380. The highest BCUT2D eigenvalue weighted by atomic mass is 16.3. The van der Waals surface area contributed by atoms with E-state index in [0.29, 0.717) is 12.3 Å². The van der Waals surface area contributed by atoms with Crippen molar-refractivity contribution >= 4 is 5.91 Å². The minimum Gasteiger partial charge on any atom is -0.508 e. The molecule has 0 aliphatic carbocycles. The first-order chi connectivity index (χ1) is 8.24. The Labute approximate surface area is 98.9 Å². The van der Waals surface area contributed by atoms with Gasteiger partial charge in [-0.3, -0.25) is 4.79 Å². The summed E-state index contributed by atoms with van der Waals surface area (Å²) in [5.41, 5.74) is 0.780. The molecule has 2 N–H and O–H groups in total. The molecule has 1 aromatic carbocycles. The van der Waals surface area contributed by atoms with Crippen molar-refractivity contribution < 1.29 is 14.3 Å². The first kappa shape index (κ1) is 11.3. The minimum atomic E-state index is -0.105. The summed E-state index contributed by atoms with van der Waals surface area (Å²) in [6.07, 6.45) is 1.81. The molecule has 0 saturated carbocycles. The van der Waals surface area contributed by atoms with Gasteiger partial charge in [0.05, 0.1) is 19.2 Å². The zero-order valence-corrected chi connectivity index (χ0v) is 9.22. The van der Waals surface area contributed by atoms with Crippen LogP contribution in [-0.2, 0) is 17.8 Å². The lowest BCUT2D eigenvalue weighted by Gasteiger charge is -2.03. The number of hydrogen-bond donors (Lipinski definition) is 2. The summed E-state index contributed by atoms with van der Waals surface area (Å²) in [6, 6.07) is 10.2. The number of benzene rings is 1. The van der Waals surface area contributed by atoms with Crippen LogP contribution in [0.25, 0.3) is 0 Å². The van der Waals surface area contributed by atoms with E-state index in [1.54, 1.807) is 42.7 Å². The molecule has 1 amide bonds. The minimum absolute atomic E-state index is 0.105. The van der Waals surface area contributed by atoms with Crippen LogP contribution in [0.15, 0.2) is 47.1 Å². The number of phenolic OH excluding ortho intramolecular Hbond substituents is 1. The van der Waals surface area contributed by atoms with Gasteiger partial charge in [0.2, 0.25) is 5.91 Å². The Kier molecular flexibility index (Phi) is 3.45. The van der Waals surface area contributed by atoms with Gasteiger partial charge in [-0.1, -0.05) is 12.1 Å². The Bertz CT molecular complexity index is 491. The van der Waals surface area contributed by atoms with Crippen LogP contribution in [0, 0.1) is 0 Å². The summed E-state index contributed by atoms with van der Waals surface area (Å²) in [7, 11) is 0. The lowest BCUT2D eigenvalue weighted by Crippen LogP contribution is -2.24. The zero-order valence-electron chi connectivity index (χ0n) is 9.22. The van der Waals surface area contributed by atoms with Crippen LogP contribution in [0.2, 0.25) is 0 Å². The highest BCUT2D eigenvalue weighted by Gasteiger charge is 2.04. The van der Waals surface area contributed by atoms with E-state index in [4.69, 9.17) is 4.42 Å². The molecule has 0 bridgehead atoms. The van der Waals surface area contributed by atoms with Crippen molar-refractivity contribution in [2.45, 2.75) is 13.0 Å². The maximum atomic E-state index is 11.6. The fourth-order valence-electron chi connectivity index (χ4n) is 1.51. The number of rotatable bonds is 4. The second kappa shape index (κ2) is 5.21. The van der Waals surface area contributed by atoms with Crippen LogP contribution in [-0.4, -0.2) is 11.0 Å². The third-order valence-electron chi connectivity index (χ3n) is 2.32. The van der Waals surface area contributed by atoms with Crippen LogP contribution in [0.3, 0.4) is 0 Å². The maximum absolute atomic E-state index is 11.6. The molecule has 4 nitrogen and oxygen atoms in total. The number of carbonyl (C=O) groups excluding carboxylic acids is 1. The Morgan fingerprint density at radius 1 is 1.29 bits per heavy atom. The normalized spacial score (nSPS) is 10.1. The molecule has 0 unspecified atom stereocenters. The standard InChI is InChI=1S/C13H13NO3/c15-11-4-1-3-10(7-11)8-13(16)14-9-12-5-2-6-17-12/h1-7,15H,8-9H2,(H,14,16). The van der Waals surface area contributed by atoms with Crippen LogP contribution in [0.5, 0.6) is 5.75 Å². The van der Waals surface area contributed by atoms with Gasteiger partial charge in [0.15, 0.2) is 0 Å². The summed E-state index contributed by atoms with van der Waals surface area (Å²) in [4.78, 5) is 11.6. The van der Waals surface area contributed by atoms with Gasteiger partial charge in [0.1, 0.15) is 11.5 Å². The second-order valence-electron chi connectivity index (χ2n) is 3.70. The maximum Gasteiger partial charge on any atom is 0.224 e. The van der Waals surface area contributed by atoms with E-state index in [0.717, 1.165) is 5.56 Å². The highest BCUT2D eigenvalue weighted by Crippen LogP contribution is 2.11. The quantitative estimate of drug-likeness (QED) is 0.844. The van der Waals surface area contributed by atoms with Crippen LogP contribution in [0.4, 0.5) is 0 Å². The summed E-state index contributed by atoms with van der Waals surface area (Å²) >= 11 is 0. The van der Waals surface area contributed by atoms with Crippen molar-refractivity contribution in [1.82, 2.24) is 5.32 Å². The highest BCUT2D eigenvalue weighted by molar-refractivity contribution is 5.78. The SMILES string of the molecule is O=C(Cc1cccc(O)c1)NCc1ccco1. The molecule has 0 radical (unpaired) electrons. The molecule has 1 aromatic heterocycles. The molecule has 4 heteroatoms. The smallest absolute Gasteiger partial charge is 0.224 e. The van der Waals surface area contributed by atoms with Crippen molar-refractivity contribution in [3.63, 3.8) is 0 Å². The van der Waals surface area contributed by atoms with Gasteiger partial charge in [-0.15, -0.1) is 0 Å². The number of nitrogens with one attached hydrogen (secondary N) is 1. The molecule has 0 atom stereocenters. The van der Waals surface area contributed by atoms with Gasteiger partial charge in [0, 0.05) is 0 Å². The predicted molar refractivity (Wildman–Crippen MR) is 62.4 cm³/mol. The summed E-state index contributed by atoms with van der Waals surface area (Å²) in [5, 5.41) is 12.0. The molecular formula is C13H13NO3. The largest absolute Gasteiger partial charge is 0.508 e. The molecule has 0 aliphatic rings. The predicted octanol–water partition coefficient (Wildman–Crippen LogP) is 1.84. The van der Waals surface area contributed by atoms with Crippen LogP contribution < -0.4 is 5.32 Å². The molecule has 88 valence electrons. The van der Waals surface area contributed by atoms with E-state index < -0.39 is 0 Å². The Balaban J connectivity index is 1.85. The van der Waals surface area contributed by atoms with E-state index in [-0.39, 0.29) is 18.1 Å². The van der Waals surface area contributed by atoms with Crippen molar-refractivity contribution in [1.29, 1.82) is 0 Å². The van der Waals surface area contributed by atoms with Gasteiger partial charge in [-0.25, -0.2) is 0 Å². The van der Waals surface area contributed by atoms with E-state index in [1.165, 1.54) is 0 Å². The van der Waals surface area contributed by atoms with E-state index in [2.05, 4.69) is 5.32 Å². The van der Waals surface area contributed by atoms with Gasteiger partial charge < -0.3 is 14.8 Å². The van der Waals surface area contributed by atoms with Crippen LogP contribution in [0.1, 0.15) is 11.3 Å². The molecule has 2 aromatic rings. The van der Waals surface area contributed by atoms with Gasteiger partial charge in [-0.05, 0) is 29.8 Å².